The van der Waals surface area contributed by atoms with E-state index in [1.165, 1.54) is 23.9 Å². The van der Waals surface area contributed by atoms with Gasteiger partial charge in [0.05, 0.1) is 16.2 Å². The Hall–Kier alpha value is -2.57. The van der Waals surface area contributed by atoms with Gasteiger partial charge in [-0.1, -0.05) is 23.7 Å². The van der Waals surface area contributed by atoms with Crippen molar-refractivity contribution < 1.29 is 14.7 Å². The number of aliphatic imine (C=N–C) groups is 1. The number of amides is 1. The van der Waals surface area contributed by atoms with Gasteiger partial charge in [0.2, 0.25) is 0 Å². The zero-order chi connectivity index (χ0) is 18.0. The second kappa shape index (κ2) is 7.13. The topological polar surface area (TPSA) is 78.8 Å². The van der Waals surface area contributed by atoms with Gasteiger partial charge in [0, 0.05) is 5.02 Å². The molecule has 1 saturated heterocycles. The molecule has 126 valence electrons. The maximum Gasteiger partial charge on any atom is 0.335 e. The molecule has 0 aliphatic carbocycles. The number of amidine groups is 1. The molecule has 0 saturated carbocycles. The van der Waals surface area contributed by atoms with Gasteiger partial charge >= 0.3 is 5.97 Å². The molecule has 0 atom stereocenters. The molecular formula is C18H13ClN2O3S. The number of carboxylic acid groups (broad SMARTS) is 1. The molecule has 1 aliphatic heterocycles. The van der Waals surface area contributed by atoms with Crippen molar-refractivity contribution >= 4 is 52.2 Å². The molecule has 1 heterocycles. The maximum absolute atomic E-state index is 12.1. The van der Waals surface area contributed by atoms with E-state index in [0.717, 1.165) is 16.8 Å². The van der Waals surface area contributed by atoms with Crippen molar-refractivity contribution in [2.75, 3.05) is 0 Å². The highest BCUT2D eigenvalue weighted by Crippen LogP contribution is 2.30. The van der Waals surface area contributed by atoms with Crippen LogP contribution in [0, 0.1) is 6.92 Å². The van der Waals surface area contributed by atoms with E-state index in [1.807, 2.05) is 13.0 Å². The second-order valence-electron chi connectivity index (χ2n) is 5.34. The van der Waals surface area contributed by atoms with Gasteiger partial charge in [-0.3, -0.25) is 4.79 Å². The summed E-state index contributed by atoms with van der Waals surface area (Å²) in [6.45, 7) is 1.90. The van der Waals surface area contributed by atoms with Crippen molar-refractivity contribution in [3.8, 4) is 0 Å². The molecule has 0 spiro atoms. The lowest BCUT2D eigenvalue weighted by Crippen LogP contribution is -2.19. The Labute approximate surface area is 153 Å². The first-order chi connectivity index (χ1) is 11.9. The van der Waals surface area contributed by atoms with Gasteiger partial charge in [-0.25, -0.2) is 9.79 Å². The summed E-state index contributed by atoms with van der Waals surface area (Å²) >= 11 is 7.16. The lowest BCUT2D eigenvalue weighted by molar-refractivity contribution is -0.115. The molecule has 0 aromatic heterocycles. The molecule has 0 bridgehead atoms. The number of aromatic carboxylic acids is 1. The minimum Gasteiger partial charge on any atom is -0.478 e. The Morgan fingerprint density at radius 3 is 2.60 bits per heavy atom. The van der Waals surface area contributed by atoms with Crippen molar-refractivity contribution in [2.24, 2.45) is 4.99 Å². The molecule has 2 aromatic rings. The van der Waals surface area contributed by atoms with Crippen LogP contribution in [0.5, 0.6) is 0 Å². The Morgan fingerprint density at radius 2 is 1.96 bits per heavy atom. The Balaban J connectivity index is 1.82. The maximum atomic E-state index is 12.1. The summed E-state index contributed by atoms with van der Waals surface area (Å²) in [5.41, 5.74) is 2.59. The number of carbonyl (C=O) groups excluding carboxylic acids is 1. The second-order valence-corrected chi connectivity index (χ2v) is 6.81. The number of nitrogens with one attached hydrogen (secondary N) is 1. The van der Waals surface area contributed by atoms with E-state index in [1.54, 1.807) is 30.3 Å². The monoisotopic (exact) mass is 372 g/mol. The van der Waals surface area contributed by atoms with Crippen LogP contribution in [0.4, 0.5) is 5.69 Å². The molecule has 1 aliphatic rings. The highest BCUT2D eigenvalue weighted by Gasteiger charge is 2.24. The summed E-state index contributed by atoms with van der Waals surface area (Å²) in [5.74, 6) is -1.22. The number of hydrogen-bond donors (Lipinski definition) is 2. The smallest absolute Gasteiger partial charge is 0.335 e. The molecular weight excluding hydrogens is 360 g/mol. The van der Waals surface area contributed by atoms with Crippen molar-refractivity contribution in [3.63, 3.8) is 0 Å². The number of nitrogens with zero attached hydrogens (tertiary/aromatic N) is 1. The Morgan fingerprint density at radius 1 is 1.24 bits per heavy atom. The fourth-order valence-electron chi connectivity index (χ4n) is 2.21. The number of carboxylic acids is 1. The zero-order valence-corrected chi connectivity index (χ0v) is 14.7. The lowest BCUT2D eigenvalue weighted by Gasteiger charge is -2.01. The first-order valence-corrected chi connectivity index (χ1v) is 8.51. The number of halogens is 1. The van der Waals surface area contributed by atoms with Gasteiger partial charge in [0.15, 0.2) is 5.17 Å². The molecule has 3 rings (SSSR count). The molecule has 5 nitrogen and oxygen atoms in total. The van der Waals surface area contributed by atoms with Crippen LogP contribution >= 0.6 is 23.4 Å². The molecule has 0 radical (unpaired) electrons. The number of rotatable bonds is 3. The van der Waals surface area contributed by atoms with Gasteiger partial charge in [0.25, 0.3) is 5.91 Å². The highest BCUT2D eigenvalue weighted by atomic mass is 35.5. The van der Waals surface area contributed by atoms with E-state index in [2.05, 4.69) is 10.3 Å². The average Bonchev–Trinajstić information content (AvgIpc) is 2.90. The lowest BCUT2D eigenvalue weighted by atomic mass is 10.1. The molecule has 2 N–H and O–H groups in total. The first kappa shape index (κ1) is 17.3. The third kappa shape index (κ3) is 4.10. The van der Waals surface area contributed by atoms with Crippen LogP contribution in [0.3, 0.4) is 0 Å². The van der Waals surface area contributed by atoms with E-state index in [0.29, 0.717) is 15.1 Å². The third-order valence-corrected chi connectivity index (χ3v) is 4.63. The normalized spacial score (nSPS) is 17.1. The van der Waals surface area contributed by atoms with Crippen molar-refractivity contribution in [1.82, 2.24) is 5.32 Å². The average molecular weight is 373 g/mol. The van der Waals surface area contributed by atoms with Crippen molar-refractivity contribution in [2.45, 2.75) is 6.92 Å². The molecule has 25 heavy (non-hydrogen) atoms. The SMILES string of the molecule is Cc1cc(Cl)ccc1N=C1NC(=O)/C(=C/c2ccc(C(=O)O)cc2)S1. The fraction of sp³-hybridized carbons (Fsp3) is 0.0556. The minimum absolute atomic E-state index is 0.200. The predicted molar refractivity (Wildman–Crippen MR) is 100 cm³/mol. The first-order valence-electron chi connectivity index (χ1n) is 7.31. The van der Waals surface area contributed by atoms with Gasteiger partial charge in [-0.2, -0.15) is 0 Å². The van der Waals surface area contributed by atoms with E-state index in [-0.39, 0.29) is 11.5 Å². The molecule has 0 unspecified atom stereocenters. The summed E-state index contributed by atoms with van der Waals surface area (Å²) in [5, 5.41) is 12.8. The van der Waals surface area contributed by atoms with Crippen molar-refractivity contribution in [1.29, 1.82) is 0 Å². The van der Waals surface area contributed by atoms with E-state index in [4.69, 9.17) is 16.7 Å². The molecule has 7 heteroatoms. The largest absolute Gasteiger partial charge is 0.478 e. The van der Waals surface area contributed by atoms with E-state index >= 15 is 0 Å². The summed E-state index contributed by atoms with van der Waals surface area (Å²) < 4.78 is 0. The van der Waals surface area contributed by atoms with Gasteiger partial charge in [-0.05, 0) is 66.2 Å². The molecule has 1 fully saturated rings. The Bertz CT molecular complexity index is 920. The predicted octanol–water partition coefficient (Wildman–Crippen LogP) is 4.24. The van der Waals surface area contributed by atoms with Crippen LogP contribution < -0.4 is 5.32 Å². The quantitative estimate of drug-likeness (QED) is 0.790. The van der Waals surface area contributed by atoms with Gasteiger partial charge in [0.1, 0.15) is 0 Å². The van der Waals surface area contributed by atoms with Crippen LogP contribution in [-0.2, 0) is 4.79 Å². The highest BCUT2D eigenvalue weighted by molar-refractivity contribution is 8.18. The minimum atomic E-state index is -0.986. The van der Waals surface area contributed by atoms with Crippen LogP contribution in [-0.4, -0.2) is 22.2 Å². The summed E-state index contributed by atoms with van der Waals surface area (Å²) in [7, 11) is 0. The van der Waals surface area contributed by atoms with Gasteiger partial charge in [-0.15, -0.1) is 0 Å². The summed E-state index contributed by atoms with van der Waals surface area (Å²) in [6, 6.07) is 11.7. The Kier molecular flexibility index (Phi) is 4.92. The van der Waals surface area contributed by atoms with Crippen LogP contribution in [0.1, 0.15) is 21.5 Å². The van der Waals surface area contributed by atoms with Crippen LogP contribution in [0.2, 0.25) is 5.02 Å². The fourth-order valence-corrected chi connectivity index (χ4v) is 3.27. The molecule has 1 amide bonds. The summed E-state index contributed by atoms with van der Waals surface area (Å²) in [6.07, 6.45) is 1.70. The summed E-state index contributed by atoms with van der Waals surface area (Å²) in [4.78, 5) is 27.9. The van der Waals surface area contributed by atoms with Gasteiger partial charge < -0.3 is 10.4 Å². The number of hydrogen-bond acceptors (Lipinski definition) is 4. The number of carbonyl (C=O) groups is 2. The standard InChI is InChI=1S/C18H13ClN2O3S/c1-10-8-13(19)6-7-14(10)20-18-21-16(22)15(25-18)9-11-2-4-12(5-3-11)17(23)24/h2-9H,1H3,(H,23,24)(H,20,21,22)/b15-9-. The van der Waals surface area contributed by atoms with Crippen molar-refractivity contribution in [3.05, 3.63) is 69.1 Å². The number of benzene rings is 2. The number of thioether (sulfide) groups is 1. The third-order valence-electron chi connectivity index (χ3n) is 3.49. The number of aryl methyl sites for hydroxylation is 1. The zero-order valence-electron chi connectivity index (χ0n) is 13.1. The molecule has 2 aromatic carbocycles. The van der Waals surface area contributed by atoms with E-state index < -0.39 is 5.97 Å². The van der Waals surface area contributed by atoms with Crippen LogP contribution in [0.25, 0.3) is 6.08 Å². The van der Waals surface area contributed by atoms with Crippen LogP contribution in [0.15, 0.2) is 52.4 Å². The van der Waals surface area contributed by atoms with E-state index in [9.17, 15) is 9.59 Å².